The molecule has 0 aromatic heterocycles. The second kappa shape index (κ2) is 6.03. The number of ketones is 1. The Hall–Kier alpha value is -0.910. The highest BCUT2D eigenvalue weighted by atomic mass is 127. The molecule has 1 aromatic rings. The van der Waals surface area contributed by atoms with Crippen molar-refractivity contribution in [3.8, 4) is 0 Å². The molecule has 1 aliphatic carbocycles. The highest BCUT2D eigenvalue weighted by Gasteiger charge is 2.49. The molecule has 1 unspecified atom stereocenters. The number of hydrogen-bond donors (Lipinski definition) is 0. The van der Waals surface area contributed by atoms with Gasteiger partial charge in [-0.2, -0.15) is 0 Å². The third-order valence-corrected chi connectivity index (χ3v) is 4.24. The SMILES string of the molecule is CCOC(=O)C1(CCI)CCc2ccccc2C1=O. The monoisotopic (exact) mass is 372 g/mol. The Kier molecular flexibility index (Phi) is 4.60. The van der Waals surface area contributed by atoms with Gasteiger partial charge in [0.15, 0.2) is 5.78 Å². The molecular formula is C15H17IO3. The smallest absolute Gasteiger partial charge is 0.320 e. The van der Waals surface area contributed by atoms with Gasteiger partial charge in [0.1, 0.15) is 5.41 Å². The number of Topliss-reactive ketones (excluding diaryl/α,β-unsaturated/α-hetero) is 1. The third-order valence-electron chi connectivity index (χ3n) is 3.71. The third kappa shape index (κ3) is 2.55. The van der Waals surface area contributed by atoms with Crippen LogP contribution in [0.1, 0.15) is 35.7 Å². The van der Waals surface area contributed by atoms with Crippen molar-refractivity contribution in [3.63, 3.8) is 0 Å². The summed E-state index contributed by atoms with van der Waals surface area (Å²) in [6.45, 7) is 2.09. The second-order valence-corrected chi connectivity index (χ2v) is 5.81. The topological polar surface area (TPSA) is 43.4 Å². The summed E-state index contributed by atoms with van der Waals surface area (Å²) in [5, 5.41) is 0. The molecule has 1 aliphatic rings. The van der Waals surface area contributed by atoms with Gasteiger partial charge in [-0.1, -0.05) is 46.9 Å². The van der Waals surface area contributed by atoms with Crippen molar-refractivity contribution in [2.75, 3.05) is 11.0 Å². The molecule has 0 saturated carbocycles. The van der Waals surface area contributed by atoms with Gasteiger partial charge in [0, 0.05) is 9.99 Å². The molecule has 0 aliphatic heterocycles. The maximum atomic E-state index is 12.7. The van der Waals surface area contributed by atoms with E-state index in [1.165, 1.54) is 0 Å². The Morgan fingerprint density at radius 1 is 1.42 bits per heavy atom. The summed E-state index contributed by atoms with van der Waals surface area (Å²) in [6, 6.07) is 7.56. The Morgan fingerprint density at radius 3 is 2.84 bits per heavy atom. The van der Waals surface area contributed by atoms with Crippen LogP contribution in [0.5, 0.6) is 0 Å². The van der Waals surface area contributed by atoms with E-state index in [0.29, 0.717) is 25.0 Å². The summed E-state index contributed by atoms with van der Waals surface area (Å²) in [6.07, 6.45) is 1.88. The number of fused-ring (bicyclic) bond motifs is 1. The number of benzene rings is 1. The molecule has 4 heteroatoms. The zero-order valence-corrected chi connectivity index (χ0v) is 13.1. The van der Waals surface area contributed by atoms with Gasteiger partial charge >= 0.3 is 5.97 Å². The Balaban J connectivity index is 2.42. The Morgan fingerprint density at radius 2 is 2.16 bits per heavy atom. The summed E-state index contributed by atoms with van der Waals surface area (Å²) in [4.78, 5) is 25.0. The number of halogens is 1. The summed E-state index contributed by atoms with van der Waals surface area (Å²) in [5.74, 6) is -0.421. The van der Waals surface area contributed by atoms with Crippen LogP contribution in [-0.2, 0) is 16.0 Å². The number of hydrogen-bond acceptors (Lipinski definition) is 3. The molecule has 0 spiro atoms. The van der Waals surface area contributed by atoms with Gasteiger partial charge < -0.3 is 4.74 Å². The standard InChI is InChI=1S/C15H17IO3/c1-2-19-14(18)15(9-10-16)8-7-11-5-3-4-6-12(11)13(15)17/h3-6H,2,7-10H2,1H3. The first-order chi connectivity index (χ1) is 9.15. The van der Waals surface area contributed by atoms with E-state index in [9.17, 15) is 9.59 Å². The van der Waals surface area contributed by atoms with Gasteiger partial charge in [0.2, 0.25) is 0 Å². The van der Waals surface area contributed by atoms with Crippen LogP contribution >= 0.6 is 22.6 Å². The first-order valence-electron chi connectivity index (χ1n) is 6.51. The highest BCUT2D eigenvalue weighted by molar-refractivity contribution is 14.1. The van der Waals surface area contributed by atoms with Crippen molar-refractivity contribution in [2.24, 2.45) is 5.41 Å². The minimum absolute atomic E-state index is 0.0653. The molecular weight excluding hydrogens is 355 g/mol. The van der Waals surface area contributed by atoms with Crippen molar-refractivity contribution < 1.29 is 14.3 Å². The number of aryl methyl sites for hydroxylation is 1. The summed E-state index contributed by atoms with van der Waals surface area (Å²) < 4.78 is 5.93. The zero-order chi connectivity index (χ0) is 13.9. The maximum Gasteiger partial charge on any atom is 0.320 e. The van der Waals surface area contributed by atoms with Crippen molar-refractivity contribution >= 4 is 34.3 Å². The van der Waals surface area contributed by atoms with E-state index in [1.807, 2.05) is 24.3 Å². The lowest BCUT2D eigenvalue weighted by Crippen LogP contribution is -2.44. The molecule has 0 fully saturated rings. The molecule has 0 bridgehead atoms. The number of esters is 1. The number of carbonyl (C=O) groups excluding carboxylic acids is 2. The van der Waals surface area contributed by atoms with E-state index in [-0.39, 0.29) is 11.8 Å². The van der Waals surface area contributed by atoms with Crippen molar-refractivity contribution in [2.45, 2.75) is 26.2 Å². The van der Waals surface area contributed by atoms with E-state index in [0.717, 1.165) is 16.4 Å². The summed E-state index contributed by atoms with van der Waals surface area (Å²) >= 11 is 2.21. The fourth-order valence-corrected chi connectivity index (χ4v) is 3.57. The Labute approximate surface area is 126 Å². The predicted octanol–water partition coefficient (Wildman–Crippen LogP) is 3.19. The van der Waals surface area contributed by atoms with Crippen molar-refractivity contribution in [3.05, 3.63) is 35.4 Å². The zero-order valence-electron chi connectivity index (χ0n) is 10.9. The molecule has 0 radical (unpaired) electrons. The van der Waals surface area contributed by atoms with Crippen LogP contribution in [0.15, 0.2) is 24.3 Å². The van der Waals surface area contributed by atoms with Gasteiger partial charge in [-0.05, 0) is 31.7 Å². The normalized spacial score (nSPS) is 21.9. The number of ether oxygens (including phenoxy) is 1. The fourth-order valence-electron chi connectivity index (χ4n) is 2.65. The average Bonchev–Trinajstić information content (AvgIpc) is 2.43. The molecule has 1 atom stereocenters. The number of rotatable bonds is 4. The fraction of sp³-hybridized carbons (Fsp3) is 0.467. The molecule has 1 aromatic carbocycles. The lowest BCUT2D eigenvalue weighted by atomic mass is 9.69. The molecule has 0 N–H and O–H groups in total. The number of carbonyl (C=O) groups is 2. The van der Waals surface area contributed by atoms with E-state index in [4.69, 9.17) is 4.74 Å². The second-order valence-electron chi connectivity index (χ2n) is 4.73. The molecule has 19 heavy (non-hydrogen) atoms. The van der Waals surface area contributed by atoms with Crippen LogP contribution in [0.3, 0.4) is 0 Å². The molecule has 0 heterocycles. The predicted molar refractivity (Wildman–Crippen MR) is 81.7 cm³/mol. The minimum atomic E-state index is -0.967. The van der Waals surface area contributed by atoms with Crippen LogP contribution in [0.4, 0.5) is 0 Å². The van der Waals surface area contributed by atoms with Gasteiger partial charge in [-0.3, -0.25) is 9.59 Å². The lowest BCUT2D eigenvalue weighted by Gasteiger charge is -2.34. The molecule has 2 rings (SSSR count). The van der Waals surface area contributed by atoms with Gasteiger partial charge in [0.25, 0.3) is 0 Å². The quantitative estimate of drug-likeness (QED) is 0.353. The van der Waals surface area contributed by atoms with Crippen LogP contribution in [-0.4, -0.2) is 22.8 Å². The summed E-state index contributed by atoms with van der Waals surface area (Å²) in [5.41, 5.74) is 0.762. The number of alkyl halides is 1. The Bertz CT molecular complexity index is 498. The van der Waals surface area contributed by atoms with Crippen LogP contribution in [0, 0.1) is 5.41 Å². The first kappa shape index (κ1) is 14.5. The van der Waals surface area contributed by atoms with Crippen molar-refractivity contribution in [1.29, 1.82) is 0 Å². The average molecular weight is 372 g/mol. The van der Waals surface area contributed by atoms with E-state index >= 15 is 0 Å². The van der Waals surface area contributed by atoms with Crippen LogP contribution in [0.25, 0.3) is 0 Å². The first-order valence-corrected chi connectivity index (χ1v) is 8.04. The van der Waals surface area contributed by atoms with Gasteiger partial charge in [-0.25, -0.2) is 0 Å². The van der Waals surface area contributed by atoms with Crippen LogP contribution < -0.4 is 0 Å². The maximum absolute atomic E-state index is 12.7. The lowest BCUT2D eigenvalue weighted by molar-refractivity contribution is -0.153. The van der Waals surface area contributed by atoms with Gasteiger partial charge in [-0.15, -0.1) is 0 Å². The van der Waals surface area contributed by atoms with Crippen LogP contribution in [0.2, 0.25) is 0 Å². The highest BCUT2D eigenvalue weighted by Crippen LogP contribution is 2.40. The minimum Gasteiger partial charge on any atom is -0.465 e. The molecule has 102 valence electrons. The van der Waals surface area contributed by atoms with Gasteiger partial charge in [0.05, 0.1) is 6.61 Å². The largest absolute Gasteiger partial charge is 0.465 e. The van der Waals surface area contributed by atoms with E-state index < -0.39 is 5.41 Å². The van der Waals surface area contributed by atoms with Crippen molar-refractivity contribution in [1.82, 2.24) is 0 Å². The van der Waals surface area contributed by atoms with E-state index in [2.05, 4.69) is 22.6 Å². The summed E-state index contributed by atoms with van der Waals surface area (Å²) in [7, 11) is 0. The van der Waals surface area contributed by atoms with E-state index in [1.54, 1.807) is 6.92 Å². The molecule has 0 amide bonds. The molecule has 3 nitrogen and oxygen atoms in total. The molecule has 0 saturated heterocycles.